The minimum Gasteiger partial charge on any atom is -0.307 e. The summed E-state index contributed by atoms with van der Waals surface area (Å²) in [5.41, 5.74) is 0.939. The summed E-state index contributed by atoms with van der Waals surface area (Å²) in [5.74, 6) is 0.225. The summed E-state index contributed by atoms with van der Waals surface area (Å²) in [6, 6.07) is 11.0. The van der Waals surface area contributed by atoms with E-state index in [1.165, 1.54) is 12.3 Å². The lowest BCUT2D eigenvalue weighted by atomic mass is 10.2. The van der Waals surface area contributed by atoms with Crippen molar-refractivity contribution < 1.29 is 4.79 Å². The number of amides is 1. The van der Waals surface area contributed by atoms with Crippen molar-refractivity contribution in [1.82, 2.24) is 4.98 Å². The first-order valence-corrected chi connectivity index (χ1v) is 6.67. The molecule has 0 aliphatic carbocycles. The van der Waals surface area contributed by atoms with Crippen LogP contribution in [0.15, 0.2) is 53.1 Å². The van der Waals surface area contributed by atoms with Crippen LogP contribution in [0.25, 0.3) is 6.08 Å². The Morgan fingerprint density at radius 3 is 2.84 bits per heavy atom. The predicted octanol–water partition coefficient (Wildman–Crippen LogP) is 4.15. The zero-order chi connectivity index (χ0) is 13.7. The summed E-state index contributed by atoms with van der Waals surface area (Å²) in [5, 5.41) is 3.18. The highest BCUT2D eigenvalue weighted by Gasteiger charge is 1.99. The van der Waals surface area contributed by atoms with E-state index in [0.29, 0.717) is 10.8 Å². The molecule has 0 fully saturated rings. The first kappa shape index (κ1) is 13.8. The lowest BCUT2D eigenvalue weighted by Gasteiger charge is -2.00. The third-order valence-corrected chi connectivity index (χ3v) is 2.97. The second-order valence-corrected chi connectivity index (χ2v) is 5.09. The minimum absolute atomic E-state index is 0.241. The van der Waals surface area contributed by atoms with Crippen molar-refractivity contribution >= 4 is 45.3 Å². The Morgan fingerprint density at radius 1 is 1.32 bits per heavy atom. The summed E-state index contributed by atoms with van der Waals surface area (Å²) in [7, 11) is 0. The van der Waals surface area contributed by atoms with Crippen LogP contribution in [-0.2, 0) is 4.79 Å². The number of nitrogens with zero attached hydrogens (tertiary/aromatic N) is 1. The summed E-state index contributed by atoms with van der Waals surface area (Å²) in [6.45, 7) is 0. The van der Waals surface area contributed by atoms with E-state index in [1.807, 2.05) is 24.3 Å². The molecular weight excluding hydrogens is 328 g/mol. The Kier molecular flexibility index (Phi) is 4.71. The van der Waals surface area contributed by atoms with E-state index in [2.05, 4.69) is 26.2 Å². The van der Waals surface area contributed by atoms with E-state index < -0.39 is 0 Å². The molecule has 0 radical (unpaired) electrons. The van der Waals surface area contributed by atoms with Crippen molar-refractivity contribution in [2.24, 2.45) is 0 Å². The van der Waals surface area contributed by atoms with E-state index in [-0.39, 0.29) is 5.91 Å². The van der Waals surface area contributed by atoms with E-state index in [9.17, 15) is 4.79 Å². The first-order valence-electron chi connectivity index (χ1n) is 5.50. The Balaban J connectivity index is 1.99. The quantitative estimate of drug-likeness (QED) is 0.855. The van der Waals surface area contributed by atoms with E-state index >= 15 is 0 Å². The van der Waals surface area contributed by atoms with Gasteiger partial charge in [0.25, 0.3) is 0 Å². The van der Waals surface area contributed by atoms with Crippen LogP contribution in [0, 0.1) is 0 Å². The molecule has 0 unspecified atom stereocenters. The number of pyridine rings is 1. The molecule has 0 atom stereocenters. The van der Waals surface area contributed by atoms with Crippen LogP contribution in [0.3, 0.4) is 0 Å². The fourth-order valence-corrected chi connectivity index (χ4v) is 1.93. The third kappa shape index (κ3) is 4.50. The normalized spacial score (nSPS) is 10.6. The summed E-state index contributed by atoms with van der Waals surface area (Å²) < 4.78 is 0.967. The summed E-state index contributed by atoms with van der Waals surface area (Å²) >= 11 is 9.08. The Hall–Kier alpha value is -1.65. The third-order valence-electron chi connectivity index (χ3n) is 2.25. The molecule has 1 aromatic carbocycles. The van der Waals surface area contributed by atoms with E-state index in [1.54, 1.807) is 18.2 Å². The average Bonchev–Trinajstić information content (AvgIpc) is 2.39. The van der Waals surface area contributed by atoms with E-state index in [4.69, 9.17) is 11.6 Å². The van der Waals surface area contributed by atoms with Gasteiger partial charge in [-0.3, -0.25) is 4.79 Å². The van der Waals surface area contributed by atoms with Gasteiger partial charge in [-0.1, -0.05) is 39.7 Å². The molecule has 19 heavy (non-hydrogen) atoms. The van der Waals surface area contributed by atoms with Crippen LogP contribution in [0.4, 0.5) is 5.82 Å². The van der Waals surface area contributed by atoms with Gasteiger partial charge in [-0.15, -0.1) is 0 Å². The van der Waals surface area contributed by atoms with Crippen LogP contribution >= 0.6 is 27.5 Å². The van der Waals surface area contributed by atoms with Gasteiger partial charge in [-0.2, -0.15) is 0 Å². The van der Waals surface area contributed by atoms with Crippen LogP contribution in [-0.4, -0.2) is 10.9 Å². The maximum absolute atomic E-state index is 11.7. The molecule has 0 aliphatic rings. The SMILES string of the molecule is O=C(/C=C/c1cccc(Br)c1)Nc1ccc(Cl)cn1. The van der Waals surface area contributed by atoms with Crippen LogP contribution in [0.5, 0.6) is 0 Å². The van der Waals surface area contributed by atoms with Crippen LogP contribution in [0.1, 0.15) is 5.56 Å². The monoisotopic (exact) mass is 336 g/mol. The molecule has 1 aromatic heterocycles. The highest BCUT2D eigenvalue weighted by molar-refractivity contribution is 9.10. The Bertz CT molecular complexity index is 611. The molecule has 1 N–H and O–H groups in total. The fraction of sp³-hybridized carbons (Fsp3) is 0. The lowest BCUT2D eigenvalue weighted by Crippen LogP contribution is -2.08. The molecule has 1 heterocycles. The predicted molar refractivity (Wildman–Crippen MR) is 81.1 cm³/mol. The number of aromatic nitrogens is 1. The molecular formula is C14H10BrClN2O. The zero-order valence-electron chi connectivity index (χ0n) is 9.81. The van der Waals surface area contributed by atoms with Gasteiger partial charge < -0.3 is 5.32 Å². The van der Waals surface area contributed by atoms with Crippen molar-refractivity contribution in [1.29, 1.82) is 0 Å². The molecule has 0 bridgehead atoms. The zero-order valence-corrected chi connectivity index (χ0v) is 12.1. The van der Waals surface area contributed by atoms with Gasteiger partial charge in [0, 0.05) is 16.7 Å². The number of rotatable bonds is 3. The van der Waals surface area contributed by atoms with Crippen molar-refractivity contribution in [3.8, 4) is 0 Å². The molecule has 2 aromatic rings. The maximum atomic E-state index is 11.7. The molecule has 1 amide bonds. The number of hydrogen-bond donors (Lipinski definition) is 1. The molecule has 0 aliphatic heterocycles. The van der Waals surface area contributed by atoms with Gasteiger partial charge in [-0.25, -0.2) is 4.98 Å². The number of hydrogen-bond acceptors (Lipinski definition) is 2. The lowest BCUT2D eigenvalue weighted by molar-refractivity contribution is -0.111. The molecule has 0 spiro atoms. The van der Waals surface area contributed by atoms with Gasteiger partial charge in [0.2, 0.25) is 5.91 Å². The number of halogens is 2. The number of anilines is 1. The van der Waals surface area contributed by atoms with Crippen LogP contribution in [0.2, 0.25) is 5.02 Å². The summed E-state index contributed by atoms with van der Waals surface area (Å²) in [4.78, 5) is 15.7. The number of nitrogens with one attached hydrogen (secondary N) is 1. The van der Waals surface area contributed by atoms with Gasteiger partial charge in [0.15, 0.2) is 0 Å². The van der Waals surface area contributed by atoms with Crippen LogP contribution < -0.4 is 5.32 Å². The second-order valence-electron chi connectivity index (χ2n) is 3.74. The van der Waals surface area contributed by atoms with Gasteiger partial charge in [-0.05, 0) is 35.9 Å². The van der Waals surface area contributed by atoms with Crippen molar-refractivity contribution in [2.75, 3.05) is 5.32 Å². The first-order chi connectivity index (χ1) is 9.13. The van der Waals surface area contributed by atoms with Gasteiger partial charge in [0.1, 0.15) is 5.82 Å². The number of carbonyl (C=O) groups excluding carboxylic acids is 1. The number of carbonyl (C=O) groups is 1. The smallest absolute Gasteiger partial charge is 0.249 e. The van der Waals surface area contributed by atoms with Crippen molar-refractivity contribution in [3.63, 3.8) is 0 Å². The van der Waals surface area contributed by atoms with Gasteiger partial charge in [0.05, 0.1) is 5.02 Å². The molecule has 3 nitrogen and oxygen atoms in total. The van der Waals surface area contributed by atoms with E-state index in [0.717, 1.165) is 10.0 Å². The Morgan fingerprint density at radius 2 is 2.16 bits per heavy atom. The highest BCUT2D eigenvalue weighted by Crippen LogP contribution is 2.13. The largest absolute Gasteiger partial charge is 0.307 e. The summed E-state index contributed by atoms with van der Waals surface area (Å²) in [6.07, 6.45) is 4.67. The fourth-order valence-electron chi connectivity index (χ4n) is 1.40. The topological polar surface area (TPSA) is 42.0 Å². The molecule has 2 rings (SSSR count). The molecule has 0 saturated carbocycles. The second kappa shape index (κ2) is 6.50. The van der Waals surface area contributed by atoms with Crippen molar-refractivity contribution in [3.05, 3.63) is 63.7 Å². The van der Waals surface area contributed by atoms with Gasteiger partial charge >= 0.3 is 0 Å². The molecule has 0 saturated heterocycles. The van der Waals surface area contributed by atoms with Crippen molar-refractivity contribution in [2.45, 2.75) is 0 Å². The number of benzene rings is 1. The highest BCUT2D eigenvalue weighted by atomic mass is 79.9. The standard InChI is InChI=1S/C14H10BrClN2O/c15-11-3-1-2-10(8-11)4-7-14(19)18-13-6-5-12(16)9-17-13/h1-9H,(H,17,18,19)/b7-4+. The average molecular weight is 338 g/mol. The maximum Gasteiger partial charge on any atom is 0.249 e. The Labute approximate surface area is 124 Å². The molecule has 96 valence electrons. The minimum atomic E-state index is -0.241. The molecule has 5 heteroatoms.